The van der Waals surface area contributed by atoms with Crippen molar-refractivity contribution in [3.8, 4) is 0 Å². The van der Waals surface area contributed by atoms with Crippen molar-refractivity contribution in [3.05, 3.63) is 0 Å². The molecule has 0 aliphatic carbocycles. The number of nitrogens with two attached hydrogens (primary N) is 2. The highest BCUT2D eigenvalue weighted by molar-refractivity contribution is 8.14. The summed E-state index contributed by atoms with van der Waals surface area (Å²) in [7, 11) is -3.07. The Kier molecular flexibility index (Phi) is 4.80. The number of rotatable bonds is 3. The second-order valence-corrected chi connectivity index (χ2v) is 7.73. The SMILES string of the molecule is CC1(NC(=O)CSC(=N)N=C(N)N)CCS(=O)(=O)C1. The van der Waals surface area contributed by atoms with Crippen LogP contribution >= 0.6 is 11.8 Å². The first-order valence-corrected chi connectivity index (χ1v) is 8.25. The van der Waals surface area contributed by atoms with Crippen molar-refractivity contribution in [1.29, 1.82) is 5.41 Å². The van der Waals surface area contributed by atoms with Crippen molar-refractivity contribution in [2.24, 2.45) is 16.5 Å². The third-order valence-corrected chi connectivity index (χ3v) is 5.19. The van der Waals surface area contributed by atoms with Gasteiger partial charge in [-0.25, -0.2) is 8.42 Å². The lowest BCUT2D eigenvalue weighted by molar-refractivity contribution is -0.120. The molecule has 1 amide bonds. The van der Waals surface area contributed by atoms with E-state index >= 15 is 0 Å². The summed E-state index contributed by atoms with van der Waals surface area (Å²) in [4.78, 5) is 15.1. The normalized spacial score (nSPS) is 24.7. The standard InChI is InChI=1S/C9H17N5O3S2/c1-9(2-3-19(16,17)5-9)14-6(15)4-18-8(12)13-7(10)11/h2-5H2,1H3,(H,14,15)(H5,10,11,12,13). The van der Waals surface area contributed by atoms with Crippen molar-refractivity contribution < 1.29 is 13.2 Å². The quantitative estimate of drug-likeness (QED) is 0.372. The summed E-state index contributed by atoms with van der Waals surface area (Å²) in [5, 5.41) is 9.85. The van der Waals surface area contributed by atoms with Crippen molar-refractivity contribution in [3.63, 3.8) is 0 Å². The smallest absolute Gasteiger partial charge is 0.230 e. The molecule has 1 rings (SSSR count). The first-order chi connectivity index (χ1) is 8.62. The Balaban J connectivity index is 2.45. The average molecular weight is 307 g/mol. The largest absolute Gasteiger partial charge is 0.370 e. The van der Waals surface area contributed by atoms with Crippen LogP contribution in [0.1, 0.15) is 13.3 Å². The molecule has 0 aromatic rings. The van der Waals surface area contributed by atoms with Gasteiger partial charge in [0.25, 0.3) is 0 Å². The molecule has 0 bridgehead atoms. The van der Waals surface area contributed by atoms with Crippen LogP contribution in [0.3, 0.4) is 0 Å². The molecule has 108 valence electrons. The molecule has 1 fully saturated rings. The molecule has 0 spiro atoms. The number of amides is 1. The van der Waals surface area contributed by atoms with Crippen molar-refractivity contribution >= 4 is 38.6 Å². The third kappa shape index (κ3) is 5.47. The molecule has 6 N–H and O–H groups in total. The van der Waals surface area contributed by atoms with Crippen LogP contribution in [0, 0.1) is 5.41 Å². The van der Waals surface area contributed by atoms with E-state index in [1.54, 1.807) is 6.92 Å². The number of amidine groups is 1. The van der Waals surface area contributed by atoms with Crippen LogP contribution in [0.5, 0.6) is 0 Å². The van der Waals surface area contributed by atoms with Crippen LogP contribution in [0.4, 0.5) is 0 Å². The summed E-state index contributed by atoms with van der Waals surface area (Å²) in [6.45, 7) is 1.70. The van der Waals surface area contributed by atoms with E-state index < -0.39 is 15.4 Å². The Hall–Kier alpha value is -1.29. The van der Waals surface area contributed by atoms with Crippen molar-refractivity contribution in [2.75, 3.05) is 17.3 Å². The minimum absolute atomic E-state index is 0.0365. The molecule has 0 radical (unpaired) electrons. The van der Waals surface area contributed by atoms with Crippen LogP contribution in [0.25, 0.3) is 0 Å². The molecule has 0 aromatic carbocycles. The van der Waals surface area contributed by atoms with Gasteiger partial charge in [-0.1, -0.05) is 11.8 Å². The highest BCUT2D eigenvalue weighted by Crippen LogP contribution is 2.22. The zero-order valence-corrected chi connectivity index (χ0v) is 12.1. The molecule has 1 unspecified atom stereocenters. The monoisotopic (exact) mass is 307 g/mol. The van der Waals surface area contributed by atoms with E-state index in [9.17, 15) is 13.2 Å². The van der Waals surface area contributed by atoms with Gasteiger partial charge in [-0.3, -0.25) is 10.2 Å². The first-order valence-electron chi connectivity index (χ1n) is 5.44. The molecule has 1 aliphatic heterocycles. The molecule has 1 heterocycles. The van der Waals surface area contributed by atoms with E-state index in [0.717, 1.165) is 11.8 Å². The molecule has 10 heteroatoms. The predicted octanol–water partition coefficient (Wildman–Crippen LogP) is -1.38. The van der Waals surface area contributed by atoms with E-state index in [2.05, 4.69) is 10.3 Å². The number of aliphatic imine (C=N–C) groups is 1. The second kappa shape index (κ2) is 5.78. The number of carbonyl (C=O) groups is 1. The van der Waals surface area contributed by atoms with Crippen LogP contribution in [0.2, 0.25) is 0 Å². The summed E-state index contributed by atoms with van der Waals surface area (Å²) in [5.74, 6) is -0.597. The lowest BCUT2D eigenvalue weighted by atomic mass is 10.0. The van der Waals surface area contributed by atoms with Gasteiger partial charge >= 0.3 is 0 Å². The fourth-order valence-corrected chi connectivity index (χ4v) is 4.37. The molecule has 0 saturated carbocycles. The van der Waals surface area contributed by atoms with Crippen LogP contribution in [0.15, 0.2) is 4.99 Å². The Morgan fingerprint density at radius 2 is 2.16 bits per heavy atom. The average Bonchev–Trinajstić information content (AvgIpc) is 2.49. The summed E-state index contributed by atoms with van der Waals surface area (Å²) in [5.41, 5.74) is 9.45. The van der Waals surface area contributed by atoms with Gasteiger partial charge in [0.2, 0.25) is 5.91 Å². The van der Waals surface area contributed by atoms with E-state index in [1.165, 1.54) is 0 Å². The summed E-state index contributed by atoms with van der Waals surface area (Å²) < 4.78 is 22.8. The zero-order valence-electron chi connectivity index (χ0n) is 10.5. The number of nitrogens with zero attached hydrogens (tertiary/aromatic N) is 1. The highest BCUT2D eigenvalue weighted by atomic mass is 32.2. The molecule has 1 atom stereocenters. The summed E-state index contributed by atoms with van der Waals surface area (Å²) in [6.07, 6.45) is 0.400. The highest BCUT2D eigenvalue weighted by Gasteiger charge is 2.39. The number of thioether (sulfide) groups is 1. The Bertz CT molecular complexity index is 512. The van der Waals surface area contributed by atoms with Crippen molar-refractivity contribution in [1.82, 2.24) is 5.32 Å². The number of hydrogen-bond donors (Lipinski definition) is 4. The van der Waals surface area contributed by atoms with Gasteiger partial charge in [0.15, 0.2) is 21.0 Å². The summed E-state index contributed by atoms with van der Waals surface area (Å²) in [6, 6.07) is 0. The predicted molar refractivity (Wildman–Crippen MR) is 75.8 cm³/mol. The fourth-order valence-electron chi connectivity index (χ4n) is 1.77. The lowest BCUT2D eigenvalue weighted by Gasteiger charge is -2.23. The number of sulfone groups is 1. The van der Waals surface area contributed by atoms with Crippen LogP contribution < -0.4 is 16.8 Å². The topological polar surface area (TPSA) is 151 Å². The third-order valence-electron chi connectivity index (χ3n) is 2.52. The van der Waals surface area contributed by atoms with Gasteiger partial charge in [0.1, 0.15) is 0 Å². The molecule has 8 nitrogen and oxygen atoms in total. The maximum absolute atomic E-state index is 11.7. The first kappa shape index (κ1) is 15.8. The van der Waals surface area contributed by atoms with Gasteiger partial charge in [0, 0.05) is 0 Å². The summed E-state index contributed by atoms with van der Waals surface area (Å²) >= 11 is 0.869. The van der Waals surface area contributed by atoms with Gasteiger partial charge in [-0.2, -0.15) is 4.99 Å². The number of guanidine groups is 1. The number of hydrogen-bond acceptors (Lipinski definition) is 5. The number of nitrogens with one attached hydrogen (secondary N) is 2. The van der Waals surface area contributed by atoms with E-state index in [4.69, 9.17) is 16.9 Å². The Morgan fingerprint density at radius 3 is 2.63 bits per heavy atom. The molecular weight excluding hydrogens is 290 g/mol. The molecule has 1 saturated heterocycles. The van der Waals surface area contributed by atoms with Gasteiger partial charge in [-0.15, -0.1) is 0 Å². The molecule has 19 heavy (non-hydrogen) atoms. The van der Waals surface area contributed by atoms with Gasteiger partial charge in [0.05, 0.1) is 22.8 Å². The van der Waals surface area contributed by atoms with Crippen LogP contribution in [-0.4, -0.2) is 48.2 Å². The van der Waals surface area contributed by atoms with Crippen molar-refractivity contribution in [2.45, 2.75) is 18.9 Å². The number of carbonyl (C=O) groups excluding carboxylic acids is 1. The lowest BCUT2D eigenvalue weighted by Crippen LogP contribution is -2.47. The molecule has 0 aromatic heterocycles. The molecule has 1 aliphatic rings. The van der Waals surface area contributed by atoms with E-state index in [0.29, 0.717) is 6.42 Å². The molecular formula is C9H17N5O3S2. The van der Waals surface area contributed by atoms with Gasteiger partial charge in [-0.05, 0) is 13.3 Å². The van der Waals surface area contributed by atoms with Gasteiger partial charge < -0.3 is 16.8 Å². The minimum atomic E-state index is -3.07. The van der Waals surface area contributed by atoms with E-state index in [-0.39, 0.29) is 34.3 Å². The second-order valence-electron chi connectivity index (χ2n) is 4.58. The zero-order chi connectivity index (χ0) is 14.7. The Morgan fingerprint density at radius 1 is 1.53 bits per heavy atom. The fraction of sp³-hybridized carbons (Fsp3) is 0.667. The maximum Gasteiger partial charge on any atom is 0.230 e. The van der Waals surface area contributed by atoms with E-state index in [1.807, 2.05) is 0 Å². The maximum atomic E-state index is 11.7. The van der Waals surface area contributed by atoms with Crippen LogP contribution in [-0.2, 0) is 14.6 Å². The minimum Gasteiger partial charge on any atom is -0.370 e. The Labute approximate surface area is 115 Å².